The number of carbonyl (C=O) groups is 1. The summed E-state index contributed by atoms with van der Waals surface area (Å²) in [5.41, 5.74) is -0.160. The van der Waals surface area contributed by atoms with Gasteiger partial charge in [-0.1, -0.05) is 0 Å². The van der Waals surface area contributed by atoms with Crippen molar-refractivity contribution < 1.29 is 14.3 Å². The van der Waals surface area contributed by atoms with E-state index < -0.39 is 5.54 Å². The highest BCUT2D eigenvalue weighted by molar-refractivity contribution is 5.96. The maximum absolute atomic E-state index is 12.5. The molecule has 7 nitrogen and oxygen atoms in total. The van der Waals surface area contributed by atoms with E-state index in [-0.39, 0.29) is 12.0 Å². The van der Waals surface area contributed by atoms with Gasteiger partial charge in [0.15, 0.2) is 0 Å². The summed E-state index contributed by atoms with van der Waals surface area (Å²) in [4.78, 5) is 16.7. The van der Waals surface area contributed by atoms with E-state index in [0.717, 1.165) is 6.42 Å². The molecule has 2 aromatic rings. The fourth-order valence-electron chi connectivity index (χ4n) is 2.32. The molecular formula is C16H20N4O3. The molecule has 1 aliphatic heterocycles. The second kappa shape index (κ2) is 6.37. The Labute approximate surface area is 134 Å². The van der Waals surface area contributed by atoms with Crippen LogP contribution in [-0.2, 0) is 15.1 Å². The molecule has 1 amide bonds. The zero-order valence-electron chi connectivity index (χ0n) is 13.2. The van der Waals surface area contributed by atoms with Crippen molar-refractivity contribution in [3.05, 3.63) is 36.8 Å². The highest BCUT2D eigenvalue weighted by atomic mass is 16.5. The van der Waals surface area contributed by atoms with Gasteiger partial charge < -0.3 is 14.8 Å². The average molecular weight is 316 g/mol. The van der Waals surface area contributed by atoms with E-state index in [4.69, 9.17) is 9.47 Å². The van der Waals surface area contributed by atoms with Gasteiger partial charge in [0.25, 0.3) is 5.91 Å². The zero-order chi connectivity index (χ0) is 16.3. The van der Waals surface area contributed by atoms with Crippen LogP contribution >= 0.6 is 0 Å². The number of anilines is 1. The SMILES string of the molecule is CC(C)(C(=O)Nc1ccnc(OC2CCOC2)c1)n1cccn1. The quantitative estimate of drug-likeness (QED) is 0.910. The maximum Gasteiger partial charge on any atom is 0.251 e. The van der Waals surface area contributed by atoms with Crippen molar-refractivity contribution in [1.29, 1.82) is 0 Å². The van der Waals surface area contributed by atoms with E-state index in [1.54, 1.807) is 41.5 Å². The van der Waals surface area contributed by atoms with Crippen LogP contribution in [0.1, 0.15) is 20.3 Å². The molecule has 0 saturated carbocycles. The van der Waals surface area contributed by atoms with Crippen LogP contribution in [0.25, 0.3) is 0 Å². The summed E-state index contributed by atoms with van der Waals surface area (Å²) in [6.07, 6.45) is 5.90. The molecule has 0 aromatic carbocycles. The Kier molecular flexibility index (Phi) is 4.29. The molecule has 3 heterocycles. The van der Waals surface area contributed by atoms with Gasteiger partial charge in [0.05, 0.1) is 13.2 Å². The Balaban J connectivity index is 1.68. The molecule has 0 bridgehead atoms. The van der Waals surface area contributed by atoms with Gasteiger partial charge in [-0.25, -0.2) is 4.98 Å². The van der Waals surface area contributed by atoms with Gasteiger partial charge in [0, 0.05) is 36.8 Å². The van der Waals surface area contributed by atoms with Crippen molar-refractivity contribution in [3.63, 3.8) is 0 Å². The number of hydrogen-bond donors (Lipinski definition) is 1. The number of hydrogen-bond acceptors (Lipinski definition) is 5. The minimum absolute atomic E-state index is 0.0222. The third-order valence-electron chi connectivity index (χ3n) is 3.80. The highest BCUT2D eigenvalue weighted by Crippen LogP contribution is 2.21. The van der Waals surface area contributed by atoms with Crippen LogP contribution in [-0.4, -0.2) is 40.0 Å². The molecule has 23 heavy (non-hydrogen) atoms. The van der Waals surface area contributed by atoms with Crippen LogP contribution in [0, 0.1) is 0 Å². The lowest BCUT2D eigenvalue weighted by Crippen LogP contribution is -2.40. The van der Waals surface area contributed by atoms with Gasteiger partial charge in [-0.3, -0.25) is 9.48 Å². The van der Waals surface area contributed by atoms with Gasteiger partial charge in [0.1, 0.15) is 11.6 Å². The van der Waals surface area contributed by atoms with Crippen molar-refractivity contribution in [2.45, 2.75) is 31.9 Å². The lowest BCUT2D eigenvalue weighted by atomic mass is 10.1. The predicted octanol–water partition coefficient (Wildman–Crippen LogP) is 1.82. The first-order valence-corrected chi connectivity index (χ1v) is 7.58. The first kappa shape index (κ1) is 15.5. The lowest BCUT2D eigenvalue weighted by molar-refractivity contribution is -0.123. The Morgan fingerprint density at radius 1 is 1.48 bits per heavy atom. The zero-order valence-corrected chi connectivity index (χ0v) is 13.2. The second-order valence-electron chi connectivity index (χ2n) is 5.95. The summed E-state index contributed by atoms with van der Waals surface area (Å²) >= 11 is 0. The van der Waals surface area contributed by atoms with Crippen LogP contribution in [0.3, 0.4) is 0 Å². The minimum atomic E-state index is -0.799. The third-order valence-corrected chi connectivity index (χ3v) is 3.80. The minimum Gasteiger partial charge on any atom is -0.472 e. The maximum atomic E-state index is 12.5. The average Bonchev–Trinajstić information content (AvgIpc) is 3.21. The van der Waals surface area contributed by atoms with Crippen molar-refractivity contribution in [2.24, 2.45) is 0 Å². The fraction of sp³-hybridized carbons (Fsp3) is 0.438. The molecule has 3 rings (SSSR count). The number of ether oxygens (including phenoxy) is 2. The number of amides is 1. The van der Waals surface area contributed by atoms with Crippen LogP contribution in [0.2, 0.25) is 0 Å². The Morgan fingerprint density at radius 3 is 3.04 bits per heavy atom. The number of rotatable bonds is 5. The number of pyridine rings is 1. The summed E-state index contributed by atoms with van der Waals surface area (Å²) < 4.78 is 12.7. The molecule has 1 fully saturated rings. The Morgan fingerprint density at radius 2 is 2.35 bits per heavy atom. The smallest absolute Gasteiger partial charge is 0.251 e. The normalized spacial score (nSPS) is 17.9. The molecule has 1 aliphatic rings. The molecule has 1 atom stereocenters. The van der Waals surface area contributed by atoms with Crippen molar-refractivity contribution in [2.75, 3.05) is 18.5 Å². The van der Waals surface area contributed by atoms with Gasteiger partial charge in [0.2, 0.25) is 5.88 Å². The molecular weight excluding hydrogens is 296 g/mol. The molecule has 0 spiro atoms. The Bertz CT molecular complexity index is 664. The largest absolute Gasteiger partial charge is 0.472 e. The van der Waals surface area contributed by atoms with Crippen LogP contribution in [0.15, 0.2) is 36.8 Å². The summed E-state index contributed by atoms with van der Waals surface area (Å²) in [6.45, 7) is 4.90. The third kappa shape index (κ3) is 3.50. The number of nitrogens with one attached hydrogen (secondary N) is 1. The molecule has 1 N–H and O–H groups in total. The van der Waals surface area contributed by atoms with E-state index in [9.17, 15) is 4.79 Å². The monoisotopic (exact) mass is 316 g/mol. The van der Waals surface area contributed by atoms with Gasteiger partial charge >= 0.3 is 0 Å². The summed E-state index contributed by atoms with van der Waals surface area (Å²) in [5, 5.41) is 7.03. The fourth-order valence-corrected chi connectivity index (χ4v) is 2.32. The number of nitrogens with zero attached hydrogens (tertiary/aromatic N) is 3. The highest BCUT2D eigenvalue weighted by Gasteiger charge is 2.30. The molecule has 2 aromatic heterocycles. The topological polar surface area (TPSA) is 78.3 Å². The van der Waals surface area contributed by atoms with E-state index in [1.807, 2.05) is 13.8 Å². The van der Waals surface area contributed by atoms with E-state index in [2.05, 4.69) is 15.4 Å². The van der Waals surface area contributed by atoms with E-state index in [0.29, 0.717) is 24.8 Å². The van der Waals surface area contributed by atoms with E-state index in [1.165, 1.54) is 0 Å². The molecule has 1 unspecified atom stereocenters. The number of aromatic nitrogens is 3. The molecule has 0 radical (unpaired) electrons. The van der Waals surface area contributed by atoms with Gasteiger partial charge in [-0.15, -0.1) is 0 Å². The molecule has 0 aliphatic carbocycles. The lowest BCUT2D eigenvalue weighted by Gasteiger charge is -2.24. The predicted molar refractivity (Wildman–Crippen MR) is 84.3 cm³/mol. The molecule has 122 valence electrons. The van der Waals surface area contributed by atoms with Gasteiger partial charge in [-0.05, 0) is 26.0 Å². The second-order valence-corrected chi connectivity index (χ2v) is 5.95. The van der Waals surface area contributed by atoms with E-state index >= 15 is 0 Å². The van der Waals surface area contributed by atoms with Gasteiger partial charge in [-0.2, -0.15) is 5.10 Å². The van der Waals surface area contributed by atoms with Crippen molar-refractivity contribution in [3.8, 4) is 5.88 Å². The Hall–Kier alpha value is -2.41. The number of carbonyl (C=O) groups excluding carboxylic acids is 1. The van der Waals surface area contributed by atoms with Crippen molar-refractivity contribution >= 4 is 11.6 Å². The van der Waals surface area contributed by atoms with Crippen LogP contribution in [0.5, 0.6) is 5.88 Å². The summed E-state index contributed by atoms with van der Waals surface area (Å²) in [7, 11) is 0. The van der Waals surface area contributed by atoms with Crippen LogP contribution in [0.4, 0.5) is 5.69 Å². The molecule has 1 saturated heterocycles. The molecule has 7 heteroatoms. The van der Waals surface area contributed by atoms with Crippen molar-refractivity contribution in [1.82, 2.24) is 14.8 Å². The standard InChI is InChI=1S/C16H20N4O3/c1-16(2,20-8-3-6-18-20)15(21)19-12-4-7-17-14(10-12)23-13-5-9-22-11-13/h3-4,6-8,10,13H,5,9,11H2,1-2H3,(H,17,19,21). The van der Waals surface area contributed by atoms with Crippen LogP contribution < -0.4 is 10.1 Å². The summed E-state index contributed by atoms with van der Waals surface area (Å²) in [6, 6.07) is 5.24. The first-order chi connectivity index (χ1) is 11.1. The summed E-state index contributed by atoms with van der Waals surface area (Å²) in [5.74, 6) is 0.317. The first-order valence-electron chi connectivity index (χ1n) is 7.58.